The Morgan fingerprint density at radius 2 is 1.92 bits per heavy atom. The Kier molecular flexibility index (Phi) is 5.73. The van der Waals surface area contributed by atoms with Crippen molar-refractivity contribution in [3.63, 3.8) is 0 Å². The fraction of sp³-hybridized carbons (Fsp3) is 0.267. The molecule has 0 saturated heterocycles. The lowest BCUT2D eigenvalue weighted by Crippen LogP contribution is -2.22. The molecule has 1 atom stereocenters. The van der Waals surface area contributed by atoms with Gasteiger partial charge in [0.15, 0.2) is 5.16 Å². The number of thioether (sulfide) groups is 1. The molecule has 25 heavy (non-hydrogen) atoms. The minimum atomic E-state index is -4.76. The normalized spacial score (nSPS) is 12.5. The number of halogens is 3. The maximum Gasteiger partial charge on any atom is 0.573 e. The van der Waals surface area contributed by atoms with E-state index < -0.39 is 11.6 Å². The van der Waals surface area contributed by atoms with Gasteiger partial charge in [0.2, 0.25) is 5.91 Å². The first-order chi connectivity index (χ1) is 11.6. The second kappa shape index (κ2) is 7.60. The van der Waals surface area contributed by atoms with Gasteiger partial charge in [0.05, 0.1) is 5.25 Å². The summed E-state index contributed by atoms with van der Waals surface area (Å²) in [6, 6.07) is 6.48. The van der Waals surface area contributed by atoms with Crippen LogP contribution in [0.5, 0.6) is 5.75 Å². The summed E-state index contributed by atoms with van der Waals surface area (Å²) in [6.45, 7) is 3.42. The van der Waals surface area contributed by atoms with Crippen LogP contribution in [0.25, 0.3) is 0 Å². The zero-order valence-electron chi connectivity index (χ0n) is 13.3. The predicted molar refractivity (Wildman–Crippen MR) is 88.3 cm³/mol. The van der Waals surface area contributed by atoms with Crippen LogP contribution < -0.4 is 15.8 Å². The number of nitrogen functional groups attached to an aromatic ring is 1. The molecule has 0 bridgehead atoms. The van der Waals surface area contributed by atoms with Crippen molar-refractivity contribution in [1.29, 1.82) is 0 Å². The average molecular weight is 372 g/mol. The van der Waals surface area contributed by atoms with E-state index in [0.717, 1.165) is 23.9 Å². The Bertz CT molecular complexity index is 733. The van der Waals surface area contributed by atoms with E-state index in [-0.39, 0.29) is 11.7 Å². The van der Waals surface area contributed by atoms with Gasteiger partial charge in [-0.3, -0.25) is 4.79 Å². The second-order valence-corrected chi connectivity index (χ2v) is 6.35. The summed E-state index contributed by atoms with van der Waals surface area (Å²) in [5.41, 5.74) is 6.66. The number of nitrogens with two attached hydrogens (primary N) is 1. The number of rotatable bonds is 5. The molecular formula is C15H15F3N4O2S. The van der Waals surface area contributed by atoms with Gasteiger partial charge >= 0.3 is 6.36 Å². The molecule has 0 fully saturated rings. The molecule has 0 radical (unpaired) electrons. The molecule has 1 heterocycles. The monoisotopic (exact) mass is 372 g/mol. The van der Waals surface area contributed by atoms with Crippen molar-refractivity contribution >= 4 is 29.2 Å². The molecule has 0 spiro atoms. The van der Waals surface area contributed by atoms with Gasteiger partial charge in [-0.15, -0.1) is 13.2 Å². The number of aromatic nitrogens is 2. The first-order valence-electron chi connectivity index (χ1n) is 7.07. The number of alkyl halides is 3. The first kappa shape index (κ1) is 18.8. The van der Waals surface area contributed by atoms with Crippen LogP contribution >= 0.6 is 11.8 Å². The van der Waals surface area contributed by atoms with Crippen LogP contribution in [0.1, 0.15) is 12.6 Å². The summed E-state index contributed by atoms with van der Waals surface area (Å²) in [4.78, 5) is 20.4. The standard InChI is InChI=1S/C15H15F3N4O2S/c1-8-7-12(19)22-14(20-8)25-9(2)13(23)21-10-3-5-11(6-4-10)24-15(16,17)18/h3-7,9H,1-2H3,(H,21,23)(H2,19,20,22)/t9-/m0/s1. The van der Waals surface area contributed by atoms with Crippen molar-refractivity contribution in [2.24, 2.45) is 0 Å². The maximum absolute atomic E-state index is 12.2. The van der Waals surface area contributed by atoms with Gasteiger partial charge < -0.3 is 15.8 Å². The molecule has 0 aliphatic carbocycles. The van der Waals surface area contributed by atoms with E-state index in [1.807, 2.05) is 0 Å². The molecule has 0 unspecified atom stereocenters. The van der Waals surface area contributed by atoms with Gasteiger partial charge in [-0.1, -0.05) is 11.8 Å². The highest BCUT2D eigenvalue weighted by molar-refractivity contribution is 8.00. The Balaban J connectivity index is 1.96. The number of hydrogen-bond acceptors (Lipinski definition) is 6. The van der Waals surface area contributed by atoms with Gasteiger partial charge in [-0.25, -0.2) is 9.97 Å². The Morgan fingerprint density at radius 1 is 1.28 bits per heavy atom. The topological polar surface area (TPSA) is 90.1 Å². The average Bonchev–Trinajstić information content (AvgIpc) is 2.46. The zero-order valence-corrected chi connectivity index (χ0v) is 14.1. The third kappa shape index (κ3) is 6.14. The van der Waals surface area contributed by atoms with Crippen LogP contribution in [0.2, 0.25) is 0 Å². The number of carbonyl (C=O) groups excluding carboxylic acids is 1. The highest BCUT2D eigenvalue weighted by atomic mass is 32.2. The van der Waals surface area contributed by atoms with Crippen molar-refractivity contribution in [1.82, 2.24) is 9.97 Å². The van der Waals surface area contributed by atoms with E-state index >= 15 is 0 Å². The van der Waals surface area contributed by atoms with E-state index in [0.29, 0.717) is 22.4 Å². The van der Waals surface area contributed by atoms with Gasteiger partial charge in [-0.2, -0.15) is 0 Å². The Morgan fingerprint density at radius 3 is 2.48 bits per heavy atom. The number of anilines is 2. The van der Waals surface area contributed by atoms with Crippen LogP contribution in [-0.2, 0) is 4.79 Å². The number of nitrogens with zero attached hydrogens (tertiary/aromatic N) is 2. The van der Waals surface area contributed by atoms with Crippen LogP contribution in [0.15, 0.2) is 35.5 Å². The van der Waals surface area contributed by atoms with E-state index in [2.05, 4.69) is 20.0 Å². The number of carbonyl (C=O) groups is 1. The molecule has 1 aromatic heterocycles. The van der Waals surface area contributed by atoms with E-state index in [1.54, 1.807) is 19.9 Å². The van der Waals surface area contributed by atoms with E-state index in [1.165, 1.54) is 12.1 Å². The largest absolute Gasteiger partial charge is 0.573 e. The van der Waals surface area contributed by atoms with Crippen molar-refractivity contribution in [3.05, 3.63) is 36.0 Å². The van der Waals surface area contributed by atoms with E-state index in [4.69, 9.17) is 5.73 Å². The Hall–Kier alpha value is -2.49. The van der Waals surface area contributed by atoms with Gasteiger partial charge in [-0.05, 0) is 38.1 Å². The number of benzene rings is 1. The Labute approximate surface area is 146 Å². The van der Waals surface area contributed by atoms with Gasteiger partial charge in [0.25, 0.3) is 0 Å². The fourth-order valence-electron chi connectivity index (χ4n) is 1.81. The minimum absolute atomic E-state index is 0.308. The van der Waals surface area contributed by atoms with Crippen molar-refractivity contribution < 1.29 is 22.7 Å². The third-order valence-corrected chi connectivity index (χ3v) is 3.82. The lowest BCUT2D eigenvalue weighted by Gasteiger charge is -2.12. The van der Waals surface area contributed by atoms with E-state index in [9.17, 15) is 18.0 Å². The lowest BCUT2D eigenvalue weighted by molar-refractivity contribution is -0.274. The predicted octanol–water partition coefficient (Wildman–Crippen LogP) is 3.39. The van der Waals surface area contributed by atoms with Gasteiger partial charge in [0.1, 0.15) is 11.6 Å². The highest BCUT2D eigenvalue weighted by Gasteiger charge is 2.31. The number of amides is 1. The molecule has 10 heteroatoms. The number of nitrogens with one attached hydrogen (secondary N) is 1. The van der Waals surface area contributed by atoms with Gasteiger partial charge in [0, 0.05) is 17.4 Å². The van der Waals surface area contributed by atoms with Crippen LogP contribution in [0.3, 0.4) is 0 Å². The summed E-state index contributed by atoms with van der Waals surface area (Å²) >= 11 is 1.12. The molecule has 6 nitrogen and oxygen atoms in total. The summed E-state index contributed by atoms with van der Waals surface area (Å²) in [6.07, 6.45) is -4.76. The highest BCUT2D eigenvalue weighted by Crippen LogP contribution is 2.25. The molecule has 2 aromatic rings. The quantitative estimate of drug-likeness (QED) is 0.618. The summed E-state index contributed by atoms with van der Waals surface area (Å²) in [5.74, 6) is -0.405. The molecule has 3 N–H and O–H groups in total. The summed E-state index contributed by atoms with van der Waals surface area (Å²) in [5, 5.41) is 2.43. The van der Waals surface area contributed by atoms with Crippen molar-refractivity contribution in [2.75, 3.05) is 11.1 Å². The minimum Gasteiger partial charge on any atom is -0.406 e. The first-order valence-corrected chi connectivity index (χ1v) is 7.95. The van der Waals surface area contributed by atoms with Crippen LogP contribution in [0.4, 0.5) is 24.7 Å². The zero-order chi connectivity index (χ0) is 18.6. The fourth-order valence-corrected chi connectivity index (χ4v) is 2.65. The molecule has 134 valence electrons. The molecule has 0 aliphatic heterocycles. The molecule has 0 aliphatic rings. The molecule has 1 aromatic carbocycles. The molecule has 0 saturated carbocycles. The van der Waals surface area contributed by atoms with Crippen molar-refractivity contribution in [3.8, 4) is 5.75 Å². The molecule has 1 amide bonds. The number of ether oxygens (including phenoxy) is 1. The molecule has 2 rings (SSSR count). The summed E-state index contributed by atoms with van der Waals surface area (Å²) < 4.78 is 40.1. The second-order valence-electron chi connectivity index (χ2n) is 5.04. The van der Waals surface area contributed by atoms with Crippen LogP contribution in [-0.4, -0.2) is 27.5 Å². The number of hydrogen-bond donors (Lipinski definition) is 2. The summed E-state index contributed by atoms with van der Waals surface area (Å²) in [7, 11) is 0. The lowest BCUT2D eigenvalue weighted by atomic mass is 10.3. The SMILES string of the molecule is Cc1cc(N)nc(S[C@@H](C)C(=O)Nc2ccc(OC(F)(F)F)cc2)n1. The smallest absolute Gasteiger partial charge is 0.406 e. The van der Waals surface area contributed by atoms with Crippen LogP contribution in [0, 0.1) is 6.92 Å². The van der Waals surface area contributed by atoms with Crippen molar-refractivity contribution in [2.45, 2.75) is 30.6 Å². The molecular weight excluding hydrogens is 357 g/mol. The maximum atomic E-state index is 12.2. The third-order valence-electron chi connectivity index (χ3n) is 2.86. The number of aryl methyl sites for hydroxylation is 1.